The molecule has 56 valence electrons. The third kappa shape index (κ3) is 1.38. The topological polar surface area (TPSA) is 15.6 Å². The Labute approximate surface area is 62.3 Å². The molecule has 1 rings (SSSR count). The van der Waals surface area contributed by atoms with E-state index >= 15 is 0 Å². The summed E-state index contributed by atoms with van der Waals surface area (Å²) in [4.78, 5) is 6.22. The van der Waals surface area contributed by atoms with Gasteiger partial charge in [0.05, 0.1) is 12.9 Å². The van der Waals surface area contributed by atoms with Gasteiger partial charge in [0.15, 0.2) is 0 Å². The van der Waals surface area contributed by atoms with Crippen LogP contribution in [0.4, 0.5) is 0 Å². The van der Waals surface area contributed by atoms with Crippen LogP contribution in [0, 0.1) is 5.92 Å². The van der Waals surface area contributed by atoms with Crippen molar-refractivity contribution in [2.75, 3.05) is 13.1 Å². The van der Waals surface area contributed by atoms with Crippen molar-refractivity contribution in [3.63, 3.8) is 0 Å². The average molecular weight is 138 g/mol. The van der Waals surface area contributed by atoms with Gasteiger partial charge in [-0.25, -0.2) is 0 Å². The third-order valence-corrected chi connectivity index (χ3v) is 1.73. The van der Waals surface area contributed by atoms with Crippen LogP contribution >= 0.6 is 0 Å². The minimum Gasteiger partial charge on any atom is -0.335 e. The van der Waals surface area contributed by atoms with Gasteiger partial charge >= 0.3 is 0 Å². The summed E-state index contributed by atoms with van der Waals surface area (Å²) in [5.74, 6) is 0.532. The van der Waals surface area contributed by atoms with E-state index in [-0.39, 0.29) is 0 Å². The highest BCUT2D eigenvalue weighted by atomic mass is 15.2. The molecule has 0 bridgehead atoms. The molecule has 10 heavy (non-hydrogen) atoms. The summed E-state index contributed by atoms with van der Waals surface area (Å²) in [5, 5.41) is 0. The maximum atomic E-state index is 4.11. The fraction of sp³-hybridized carbons (Fsp3) is 0.625. The Morgan fingerprint density at radius 1 is 1.70 bits per heavy atom. The summed E-state index contributed by atoms with van der Waals surface area (Å²) in [6.45, 7) is 10.2. The van der Waals surface area contributed by atoms with Crippen molar-refractivity contribution in [1.29, 1.82) is 0 Å². The zero-order valence-electron chi connectivity index (χ0n) is 6.67. The Balaban J connectivity index is 2.49. The fourth-order valence-electron chi connectivity index (χ4n) is 0.929. The van der Waals surface area contributed by atoms with Gasteiger partial charge in [0.2, 0.25) is 0 Å². The molecule has 1 heterocycles. The standard InChI is InChI=1S/C8H14N2/c1-7(2)8(3)10-5-4-9-6-10/h6-7H,3-5H2,1-2H3. The normalized spacial score (nSPS) is 16.9. The molecule has 0 atom stereocenters. The summed E-state index contributed by atoms with van der Waals surface area (Å²) in [7, 11) is 0. The van der Waals surface area contributed by atoms with Crippen LogP contribution in [0.1, 0.15) is 13.8 Å². The minimum absolute atomic E-state index is 0.532. The predicted molar refractivity (Wildman–Crippen MR) is 44.0 cm³/mol. The van der Waals surface area contributed by atoms with Gasteiger partial charge in [-0.2, -0.15) is 0 Å². The lowest BCUT2D eigenvalue weighted by Gasteiger charge is -2.19. The van der Waals surface area contributed by atoms with Gasteiger partial charge in [-0.1, -0.05) is 20.4 Å². The quantitative estimate of drug-likeness (QED) is 0.564. The molecule has 0 saturated carbocycles. The Bertz CT molecular complexity index is 159. The molecule has 0 aromatic rings. The van der Waals surface area contributed by atoms with Crippen molar-refractivity contribution < 1.29 is 0 Å². The second kappa shape index (κ2) is 2.86. The van der Waals surface area contributed by atoms with Crippen LogP contribution in [-0.2, 0) is 0 Å². The lowest BCUT2D eigenvalue weighted by Crippen LogP contribution is -2.21. The number of hydrogen-bond acceptors (Lipinski definition) is 2. The van der Waals surface area contributed by atoms with E-state index in [2.05, 4.69) is 30.3 Å². The highest BCUT2D eigenvalue weighted by Crippen LogP contribution is 2.12. The summed E-state index contributed by atoms with van der Waals surface area (Å²) in [5.41, 5.74) is 1.17. The van der Waals surface area contributed by atoms with Crippen LogP contribution in [0.2, 0.25) is 0 Å². The van der Waals surface area contributed by atoms with E-state index in [1.807, 2.05) is 6.34 Å². The SMILES string of the molecule is C=C(C(C)C)N1C=NCC1. The van der Waals surface area contributed by atoms with Crippen LogP contribution in [0.25, 0.3) is 0 Å². The van der Waals surface area contributed by atoms with Crippen molar-refractivity contribution in [3.05, 3.63) is 12.3 Å². The number of allylic oxidation sites excluding steroid dienone is 1. The minimum atomic E-state index is 0.532. The highest BCUT2D eigenvalue weighted by Gasteiger charge is 2.10. The molecule has 0 aromatic heterocycles. The molecule has 0 radical (unpaired) electrons. The van der Waals surface area contributed by atoms with E-state index in [4.69, 9.17) is 0 Å². The lowest BCUT2D eigenvalue weighted by atomic mass is 10.1. The molecule has 0 N–H and O–H groups in total. The van der Waals surface area contributed by atoms with Crippen LogP contribution in [0.3, 0.4) is 0 Å². The van der Waals surface area contributed by atoms with Crippen molar-refractivity contribution in [2.45, 2.75) is 13.8 Å². The maximum absolute atomic E-state index is 4.11. The lowest BCUT2D eigenvalue weighted by molar-refractivity contribution is 0.499. The zero-order valence-corrected chi connectivity index (χ0v) is 6.67. The van der Waals surface area contributed by atoms with E-state index in [9.17, 15) is 0 Å². The number of nitrogens with zero attached hydrogens (tertiary/aromatic N) is 2. The van der Waals surface area contributed by atoms with E-state index in [0.717, 1.165) is 13.1 Å². The van der Waals surface area contributed by atoms with Crippen molar-refractivity contribution in [1.82, 2.24) is 4.90 Å². The van der Waals surface area contributed by atoms with Crippen LogP contribution < -0.4 is 0 Å². The van der Waals surface area contributed by atoms with Crippen LogP contribution in [0.15, 0.2) is 17.3 Å². The van der Waals surface area contributed by atoms with Gasteiger partial charge in [0, 0.05) is 12.2 Å². The van der Waals surface area contributed by atoms with Crippen molar-refractivity contribution in [2.24, 2.45) is 10.9 Å². The zero-order chi connectivity index (χ0) is 7.56. The van der Waals surface area contributed by atoms with Gasteiger partial charge in [-0.3, -0.25) is 4.99 Å². The van der Waals surface area contributed by atoms with E-state index in [1.54, 1.807) is 0 Å². The summed E-state index contributed by atoms with van der Waals surface area (Å²) < 4.78 is 0. The Kier molecular flexibility index (Phi) is 2.10. The molecule has 0 spiro atoms. The first-order valence-electron chi connectivity index (χ1n) is 3.67. The average Bonchev–Trinajstić information content (AvgIpc) is 2.36. The smallest absolute Gasteiger partial charge is 0.0893 e. The molecule has 2 heteroatoms. The first kappa shape index (κ1) is 7.32. The summed E-state index contributed by atoms with van der Waals surface area (Å²) in [6.07, 6.45) is 1.88. The molecule has 0 aromatic carbocycles. The van der Waals surface area contributed by atoms with E-state index < -0.39 is 0 Å². The number of rotatable bonds is 2. The maximum Gasteiger partial charge on any atom is 0.0893 e. The third-order valence-electron chi connectivity index (χ3n) is 1.73. The number of hydrogen-bond donors (Lipinski definition) is 0. The molecule has 0 fully saturated rings. The monoisotopic (exact) mass is 138 g/mol. The van der Waals surface area contributed by atoms with E-state index in [1.165, 1.54) is 5.70 Å². The molecule has 0 saturated heterocycles. The molecule has 0 aliphatic carbocycles. The van der Waals surface area contributed by atoms with Crippen LogP contribution in [0.5, 0.6) is 0 Å². The second-order valence-corrected chi connectivity index (χ2v) is 2.86. The Morgan fingerprint density at radius 3 is 2.80 bits per heavy atom. The van der Waals surface area contributed by atoms with Gasteiger partial charge in [0.1, 0.15) is 0 Å². The van der Waals surface area contributed by atoms with Gasteiger partial charge in [-0.05, 0) is 5.92 Å². The summed E-state index contributed by atoms with van der Waals surface area (Å²) in [6, 6.07) is 0. The second-order valence-electron chi connectivity index (χ2n) is 2.86. The largest absolute Gasteiger partial charge is 0.335 e. The van der Waals surface area contributed by atoms with Crippen molar-refractivity contribution >= 4 is 6.34 Å². The number of aliphatic imine (C=N–C) groups is 1. The van der Waals surface area contributed by atoms with Gasteiger partial charge in [-0.15, -0.1) is 0 Å². The van der Waals surface area contributed by atoms with Crippen LogP contribution in [-0.4, -0.2) is 24.3 Å². The Hall–Kier alpha value is -0.790. The molecule has 1 aliphatic rings. The molecule has 0 amide bonds. The van der Waals surface area contributed by atoms with Gasteiger partial charge < -0.3 is 4.90 Å². The Morgan fingerprint density at radius 2 is 2.40 bits per heavy atom. The first-order chi connectivity index (χ1) is 4.72. The fourth-order valence-corrected chi connectivity index (χ4v) is 0.929. The highest BCUT2D eigenvalue weighted by molar-refractivity contribution is 5.60. The molecular weight excluding hydrogens is 124 g/mol. The molecule has 1 aliphatic heterocycles. The predicted octanol–water partition coefficient (Wildman–Crippen LogP) is 1.50. The molecular formula is C8H14N2. The van der Waals surface area contributed by atoms with Crippen molar-refractivity contribution in [3.8, 4) is 0 Å². The van der Waals surface area contributed by atoms with E-state index in [0.29, 0.717) is 5.92 Å². The van der Waals surface area contributed by atoms with Gasteiger partial charge in [0.25, 0.3) is 0 Å². The molecule has 2 nitrogen and oxygen atoms in total. The molecule has 0 unspecified atom stereocenters. The first-order valence-corrected chi connectivity index (χ1v) is 3.67. The summed E-state index contributed by atoms with van der Waals surface area (Å²) >= 11 is 0.